The first kappa shape index (κ1) is 19.0. The first-order valence-corrected chi connectivity index (χ1v) is 9.52. The number of esters is 1. The number of hydrogen-bond acceptors (Lipinski definition) is 5. The molecule has 0 spiro atoms. The molecule has 1 aromatic carbocycles. The van der Waals surface area contributed by atoms with E-state index < -0.39 is 6.10 Å². The molecule has 0 bridgehead atoms. The lowest BCUT2D eigenvalue weighted by Crippen LogP contribution is -2.32. The van der Waals surface area contributed by atoms with Gasteiger partial charge in [-0.3, -0.25) is 4.79 Å². The Labute approximate surface area is 155 Å². The molecule has 0 aliphatic carbocycles. The molecule has 2 aliphatic heterocycles. The highest BCUT2D eigenvalue weighted by atomic mass is 16.5. The van der Waals surface area contributed by atoms with Crippen LogP contribution in [0.3, 0.4) is 0 Å². The molecule has 0 amide bonds. The number of aliphatic hydroxyl groups is 1. The number of ether oxygens (including phenoxy) is 2. The Morgan fingerprint density at radius 1 is 1.31 bits per heavy atom. The van der Waals surface area contributed by atoms with Gasteiger partial charge in [-0.25, -0.2) is 0 Å². The molecule has 1 fully saturated rings. The van der Waals surface area contributed by atoms with Gasteiger partial charge in [-0.2, -0.15) is 0 Å². The number of rotatable bonds is 4. The molecule has 5 nitrogen and oxygen atoms in total. The Morgan fingerprint density at radius 2 is 2.00 bits per heavy atom. The fourth-order valence-electron chi connectivity index (χ4n) is 4.25. The van der Waals surface area contributed by atoms with E-state index in [4.69, 9.17) is 9.47 Å². The Bertz CT molecular complexity index is 720. The normalized spacial score (nSPS) is 24.3. The molecule has 0 saturated carbocycles. The van der Waals surface area contributed by atoms with Crippen LogP contribution in [0.5, 0.6) is 11.5 Å². The predicted octanol–water partition coefficient (Wildman–Crippen LogP) is 3.54. The summed E-state index contributed by atoms with van der Waals surface area (Å²) in [6.07, 6.45) is 1.65. The quantitative estimate of drug-likeness (QED) is 0.801. The van der Waals surface area contributed by atoms with Crippen LogP contribution >= 0.6 is 0 Å². The van der Waals surface area contributed by atoms with Crippen molar-refractivity contribution in [1.82, 2.24) is 0 Å². The van der Waals surface area contributed by atoms with Crippen LogP contribution in [-0.2, 0) is 22.4 Å². The second-order valence-corrected chi connectivity index (χ2v) is 8.61. The van der Waals surface area contributed by atoms with Crippen molar-refractivity contribution < 1.29 is 24.5 Å². The molecule has 5 heteroatoms. The minimum absolute atomic E-state index is 0.0752. The molecule has 26 heavy (non-hydrogen) atoms. The smallest absolute Gasteiger partial charge is 0.308 e. The first-order chi connectivity index (χ1) is 12.1. The van der Waals surface area contributed by atoms with Gasteiger partial charge >= 0.3 is 5.97 Å². The van der Waals surface area contributed by atoms with Gasteiger partial charge in [0.25, 0.3) is 0 Å². The summed E-state index contributed by atoms with van der Waals surface area (Å²) in [5.74, 6) is 1.06. The molecule has 2 heterocycles. The van der Waals surface area contributed by atoms with E-state index in [-0.39, 0.29) is 30.0 Å². The average Bonchev–Trinajstić information content (AvgIpc) is 2.83. The highest BCUT2D eigenvalue weighted by Crippen LogP contribution is 2.48. The van der Waals surface area contributed by atoms with Gasteiger partial charge in [0.05, 0.1) is 12.5 Å². The fraction of sp³-hybridized carbons (Fsp3) is 0.667. The van der Waals surface area contributed by atoms with E-state index in [1.165, 1.54) is 0 Å². The molecular weight excluding hydrogens is 332 g/mol. The Morgan fingerprint density at radius 3 is 2.62 bits per heavy atom. The van der Waals surface area contributed by atoms with E-state index in [0.29, 0.717) is 25.0 Å². The van der Waals surface area contributed by atoms with Gasteiger partial charge in [-0.1, -0.05) is 13.8 Å². The van der Waals surface area contributed by atoms with Crippen LogP contribution in [0.25, 0.3) is 0 Å². The molecule has 1 saturated heterocycles. The Balaban J connectivity index is 1.94. The summed E-state index contributed by atoms with van der Waals surface area (Å²) in [5.41, 5.74) is 3.61. The largest absolute Gasteiger partial charge is 0.507 e. The molecule has 0 radical (unpaired) electrons. The van der Waals surface area contributed by atoms with Crippen molar-refractivity contribution in [3.05, 3.63) is 22.3 Å². The lowest BCUT2D eigenvalue weighted by molar-refractivity contribution is -0.160. The third-order valence-electron chi connectivity index (χ3n) is 5.45. The van der Waals surface area contributed by atoms with Gasteiger partial charge in [-0.15, -0.1) is 0 Å². The number of benzene rings is 1. The summed E-state index contributed by atoms with van der Waals surface area (Å²) in [7, 11) is 0. The van der Waals surface area contributed by atoms with Crippen LogP contribution in [0.2, 0.25) is 0 Å². The van der Waals surface area contributed by atoms with E-state index in [1.54, 1.807) is 0 Å². The summed E-state index contributed by atoms with van der Waals surface area (Å²) in [6, 6.07) is 0. The number of carbonyl (C=O) groups excluding carboxylic acids is 1. The lowest BCUT2D eigenvalue weighted by Gasteiger charge is -2.27. The number of phenols is 1. The number of fused-ring (bicyclic) bond motifs is 1. The number of hydrogen-bond donors (Lipinski definition) is 2. The van der Waals surface area contributed by atoms with E-state index in [1.807, 2.05) is 6.92 Å². The van der Waals surface area contributed by atoms with Gasteiger partial charge in [-0.05, 0) is 45.1 Å². The number of carbonyl (C=O) groups is 1. The summed E-state index contributed by atoms with van der Waals surface area (Å²) in [5, 5.41) is 20.7. The maximum absolute atomic E-state index is 11.6. The molecule has 3 rings (SSSR count). The summed E-state index contributed by atoms with van der Waals surface area (Å²) < 4.78 is 11.7. The van der Waals surface area contributed by atoms with Crippen LogP contribution in [0.15, 0.2) is 0 Å². The van der Waals surface area contributed by atoms with Crippen molar-refractivity contribution in [2.45, 2.75) is 90.4 Å². The number of aliphatic hydroxyl groups excluding tert-OH is 1. The summed E-state index contributed by atoms with van der Waals surface area (Å²) in [6.45, 7) is 10.2. The summed E-state index contributed by atoms with van der Waals surface area (Å²) in [4.78, 5) is 11.6. The minimum Gasteiger partial charge on any atom is -0.507 e. The topological polar surface area (TPSA) is 76.0 Å². The lowest BCUT2D eigenvalue weighted by atomic mass is 9.86. The zero-order valence-electron chi connectivity index (χ0n) is 16.4. The third kappa shape index (κ3) is 3.54. The van der Waals surface area contributed by atoms with E-state index >= 15 is 0 Å². The molecule has 2 aliphatic rings. The van der Waals surface area contributed by atoms with Crippen LogP contribution < -0.4 is 4.74 Å². The van der Waals surface area contributed by atoms with Gasteiger partial charge in [0.2, 0.25) is 0 Å². The van der Waals surface area contributed by atoms with Gasteiger partial charge in [0.15, 0.2) is 0 Å². The standard InChI is InChI=1S/C21H30O5/c1-11(2)18-15(7-6-14-8-13(22)9-17(23)25-14)20-16(12(3)19(18)24)10-21(4,5)26-20/h11,13-14,22,24H,6-10H2,1-5H3/t13-,14-/m0/s1. The van der Waals surface area contributed by atoms with E-state index in [0.717, 1.165) is 34.4 Å². The zero-order chi connectivity index (χ0) is 19.2. The van der Waals surface area contributed by atoms with E-state index in [2.05, 4.69) is 27.7 Å². The molecule has 0 unspecified atom stereocenters. The molecule has 0 aromatic heterocycles. The van der Waals surface area contributed by atoms with Crippen molar-refractivity contribution in [2.75, 3.05) is 0 Å². The Kier molecular flexibility index (Phi) is 4.95. The van der Waals surface area contributed by atoms with Crippen molar-refractivity contribution in [3.8, 4) is 11.5 Å². The average molecular weight is 362 g/mol. The predicted molar refractivity (Wildman–Crippen MR) is 98.8 cm³/mol. The molecule has 144 valence electrons. The SMILES string of the molecule is Cc1c(O)c(C(C)C)c(CC[C@H]2C[C@H](O)CC(=O)O2)c2c1CC(C)(C)O2. The number of phenolic OH excluding ortho intramolecular Hbond substituents is 1. The molecular formula is C21H30O5. The Hall–Kier alpha value is -1.75. The van der Waals surface area contributed by atoms with Gasteiger partial charge in [0.1, 0.15) is 23.2 Å². The fourth-order valence-corrected chi connectivity index (χ4v) is 4.25. The van der Waals surface area contributed by atoms with Crippen LogP contribution in [0.4, 0.5) is 0 Å². The monoisotopic (exact) mass is 362 g/mol. The van der Waals surface area contributed by atoms with Crippen LogP contribution in [0, 0.1) is 6.92 Å². The summed E-state index contributed by atoms with van der Waals surface area (Å²) >= 11 is 0. The number of cyclic esters (lactones) is 1. The van der Waals surface area contributed by atoms with Crippen molar-refractivity contribution in [2.24, 2.45) is 0 Å². The molecule has 1 aromatic rings. The first-order valence-electron chi connectivity index (χ1n) is 9.52. The molecule has 2 N–H and O–H groups in total. The number of aromatic hydroxyl groups is 1. The van der Waals surface area contributed by atoms with Crippen LogP contribution in [0.1, 0.15) is 75.1 Å². The zero-order valence-corrected chi connectivity index (χ0v) is 16.4. The third-order valence-corrected chi connectivity index (χ3v) is 5.45. The van der Waals surface area contributed by atoms with Crippen molar-refractivity contribution in [3.63, 3.8) is 0 Å². The second kappa shape index (κ2) is 6.76. The maximum Gasteiger partial charge on any atom is 0.308 e. The van der Waals surface area contributed by atoms with Gasteiger partial charge < -0.3 is 19.7 Å². The van der Waals surface area contributed by atoms with Crippen molar-refractivity contribution in [1.29, 1.82) is 0 Å². The minimum atomic E-state index is -0.627. The molecule has 2 atom stereocenters. The maximum atomic E-state index is 11.6. The highest BCUT2D eigenvalue weighted by Gasteiger charge is 2.37. The van der Waals surface area contributed by atoms with E-state index in [9.17, 15) is 15.0 Å². The van der Waals surface area contributed by atoms with Crippen molar-refractivity contribution >= 4 is 5.97 Å². The second-order valence-electron chi connectivity index (χ2n) is 8.61. The van der Waals surface area contributed by atoms with Gasteiger partial charge in [0, 0.05) is 29.5 Å². The highest BCUT2D eigenvalue weighted by molar-refractivity contribution is 5.71. The van der Waals surface area contributed by atoms with Crippen LogP contribution in [-0.4, -0.2) is 34.0 Å².